The average molecular weight is 360 g/mol. The lowest BCUT2D eigenvalue weighted by molar-refractivity contribution is -0.112. The van der Waals surface area contributed by atoms with Crippen molar-refractivity contribution >= 4 is 35.6 Å². The standard InChI is InChI=1S/C20H16N4O3/c25-17(13-11-15-7-3-1-4-8-15)21-19-20(24-27-23-19)22-18(26)14-12-16-9-5-2-6-10-16/h1-14H,(H,21,23,25)(H,22,24,26). The van der Waals surface area contributed by atoms with Crippen LogP contribution in [0.5, 0.6) is 0 Å². The number of aromatic nitrogens is 2. The molecule has 0 aliphatic carbocycles. The first kappa shape index (κ1) is 17.8. The first-order chi connectivity index (χ1) is 13.2. The Bertz CT molecular complexity index is 885. The highest BCUT2D eigenvalue weighted by atomic mass is 16.6. The minimum Gasteiger partial charge on any atom is -0.301 e. The predicted molar refractivity (Wildman–Crippen MR) is 103 cm³/mol. The van der Waals surface area contributed by atoms with Gasteiger partial charge in [-0.05, 0) is 33.6 Å². The van der Waals surface area contributed by atoms with Crippen LogP contribution in [0.3, 0.4) is 0 Å². The SMILES string of the molecule is O=C(C=Cc1ccccc1)Nc1nonc1NC(=O)C=Cc1ccccc1. The van der Waals surface area contributed by atoms with Crippen molar-refractivity contribution in [2.45, 2.75) is 0 Å². The summed E-state index contributed by atoms with van der Waals surface area (Å²) < 4.78 is 4.60. The van der Waals surface area contributed by atoms with E-state index in [9.17, 15) is 9.59 Å². The lowest BCUT2D eigenvalue weighted by atomic mass is 10.2. The molecule has 0 saturated heterocycles. The summed E-state index contributed by atoms with van der Waals surface area (Å²) in [5.41, 5.74) is 1.76. The van der Waals surface area contributed by atoms with Gasteiger partial charge in [0, 0.05) is 12.2 Å². The smallest absolute Gasteiger partial charge is 0.249 e. The summed E-state index contributed by atoms with van der Waals surface area (Å²) in [7, 11) is 0. The van der Waals surface area contributed by atoms with E-state index in [4.69, 9.17) is 0 Å². The summed E-state index contributed by atoms with van der Waals surface area (Å²) in [6, 6.07) is 18.7. The molecule has 2 aromatic carbocycles. The molecule has 0 fully saturated rings. The van der Waals surface area contributed by atoms with Gasteiger partial charge in [-0.25, -0.2) is 4.63 Å². The Labute approximate surface area is 155 Å². The van der Waals surface area contributed by atoms with Crippen molar-refractivity contribution in [3.8, 4) is 0 Å². The number of nitrogens with zero attached hydrogens (tertiary/aromatic N) is 2. The molecule has 0 aliphatic rings. The minimum absolute atomic E-state index is 0.0270. The first-order valence-corrected chi connectivity index (χ1v) is 8.11. The monoisotopic (exact) mass is 360 g/mol. The number of hydrogen-bond acceptors (Lipinski definition) is 5. The van der Waals surface area contributed by atoms with Gasteiger partial charge in [-0.1, -0.05) is 60.7 Å². The Morgan fingerprint density at radius 2 is 1.11 bits per heavy atom. The van der Waals surface area contributed by atoms with Gasteiger partial charge >= 0.3 is 0 Å². The van der Waals surface area contributed by atoms with Gasteiger partial charge in [-0.15, -0.1) is 0 Å². The van der Waals surface area contributed by atoms with Gasteiger partial charge in [0.05, 0.1) is 0 Å². The molecule has 7 nitrogen and oxygen atoms in total. The summed E-state index contributed by atoms with van der Waals surface area (Å²) in [5.74, 6) is -0.798. The summed E-state index contributed by atoms with van der Waals surface area (Å²) in [6.07, 6.45) is 6.02. The first-order valence-electron chi connectivity index (χ1n) is 8.11. The number of nitrogens with one attached hydrogen (secondary N) is 2. The molecular formula is C20H16N4O3. The van der Waals surface area contributed by atoms with Crippen molar-refractivity contribution in [1.82, 2.24) is 10.3 Å². The van der Waals surface area contributed by atoms with E-state index in [2.05, 4.69) is 25.6 Å². The van der Waals surface area contributed by atoms with Gasteiger partial charge in [0.25, 0.3) is 0 Å². The molecule has 1 heterocycles. The van der Waals surface area contributed by atoms with Crippen molar-refractivity contribution in [2.75, 3.05) is 10.6 Å². The molecule has 0 bridgehead atoms. The van der Waals surface area contributed by atoms with E-state index in [1.54, 1.807) is 12.2 Å². The van der Waals surface area contributed by atoms with E-state index >= 15 is 0 Å². The minimum atomic E-state index is -0.426. The number of hydrogen-bond donors (Lipinski definition) is 2. The third-order valence-corrected chi connectivity index (χ3v) is 3.43. The Morgan fingerprint density at radius 1 is 0.704 bits per heavy atom. The molecule has 2 N–H and O–H groups in total. The molecule has 27 heavy (non-hydrogen) atoms. The van der Waals surface area contributed by atoms with Gasteiger partial charge in [0.15, 0.2) is 0 Å². The maximum absolute atomic E-state index is 12.0. The maximum Gasteiger partial charge on any atom is 0.249 e. The molecule has 3 rings (SSSR count). The summed E-state index contributed by atoms with van der Waals surface area (Å²) in [5, 5.41) is 12.2. The fourth-order valence-electron chi connectivity index (χ4n) is 2.14. The second-order valence-corrected chi connectivity index (χ2v) is 5.43. The molecule has 0 radical (unpaired) electrons. The largest absolute Gasteiger partial charge is 0.301 e. The molecule has 1 aromatic heterocycles. The van der Waals surface area contributed by atoms with Gasteiger partial charge in [-0.3, -0.25) is 9.59 Å². The summed E-state index contributed by atoms with van der Waals surface area (Å²) in [4.78, 5) is 24.0. The number of anilines is 2. The molecular weight excluding hydrogens is 344 g/mol. The third-order valence-electron chi connectivity index (χ3n) is 3.43. The molecule has 3 aromatic rings. The van der Waals surface area contributed by atoms with Gasteiger partial charge in [-0.2, -0.15) is 0 Å². The molecule has 0 unspecified atom stereocenters. The van der Waals surface area contributed by atoms with Crippen LogP contribution in [0.2, 0.25) is 0 Å². The van der Waals surface area contributed by atoms with Gasteiger partial charge < -0.3 is 10.6 Å². The molecule has 7 heteroatoms. The highest BCUT2D eigenvalue weighted by molar-refractivity contribution is 6.06. The highest BCUT2D eigenvalue weighted by Gasteiger charge is 2.13. The van der Waals surface area contributed by atoms with Crippen LogP contribution in [0.25, 0.3) is 12.2 Å². The fraction of sp³-hybridized carbons (Fsp3) is 0. The lowest BCUT2D eigenvalue weighted by Gasteiger charge is -2.00. The number of benzene rings is 2. The van der Waals surface area contributed by atoms with Crippen LogP contribution < -0.4 is 10.6 Å². The van der Waals surface area contributed by atoms with Gasteiger partial charge in [0.2, 0.25) is 23.5 Å². The Balaban J connectivity index is 1.58. The van der Waals surface area contributed by atoms with Crippen LogP contribution >= 0.6 is 0 Å². The zero-order chi connectivity index (χ0) is 18.9. The summed E-state index contributed by atoms with van der Waals surface area (Å²) in [6.45, 7) is 0. The number of rotatable bonds is 6. The molecule has 0 atom stereocenters. The van der Waals surface area contributed by atoms with Crippen LogP contribution in [-0.4, -0.2) is 22.1 Å². The second-order valence-electron chi connectivity index (χ2n) is 5.43. The molecule has 0 spiro atoms. The quantitative estimate of drug-likeness (QED) is 0.657. The zero-order valence-electron chi connectivity index (χ0n) is 14.2. The normalized spacial score (nSPS) is 11.0. The Kier molecular flexibility index (Phi) is 5.88. The van der Waals surface area contributed by atoms with Gasteiger partial charge in [0.1, 0.15) is 0 Å². The Hall–Kier alpha value is -4.00. The van der Waals surface area contributed by atoms with Crippen molar-refractivity contribution < 1.29 is 14.2 Å². The van der Waals surface area contributed by atoms with E-state index in [1.165, 1.54) is 12.2 Å². The van der Waals surface area contributed by atoms with E-state index in [0.717, 1.165) is 11.1 Å². The summed E-state index contributed by atoms with van der Waals surface area (Å²) >= 11 is 0. The van der Waals surface area contributed by atoms with Crippen LogP contribution in [0.4, 0.5) is 11.6 Å². The van der Waals surface area contributed by atoms with Crippen molar-refractivity contribution in [3.63, 3.8) is 0 Å². The van der Waals surface area contributed by atoms with Crippen molar-refractivity contribution in [1.29, 1.82) is 0 Å². The predicted octanol–water partition coefficient (Wildman–Crippen LogP) is 3.37. The van der Waals surface area contributed by atoms with E-state index in [0.29, 0.717) is 0 Å². The zero-order valence-corrected chi connectivity index (χ0v) is 14.2. The van der Waals surface area contributed by atoms with Crippen LogP contribution in [0.1, 0.15) is 11.1 Å². The molecule has 0 saturated carbocycles. The van der Waals surface area contributed by atoms with E-state index < -0.39 is 11.8 Å². The number of carbonyl (C=O) groups excluding carboxylic acids is 2. The van der Waals surface area contributed by atoms with Crippen molar-refractivity contribution in [2.24, 2.45) is 0 Å². The molecule has 134 valence electrons. The van der Waals surface area contributed by atoms with Crippen molar-refractivity contribution in [3.05, 3.63) is 83.9 Å². The average Bonchev–Trinajstić information content (AvgIpc) is 3.13. The molecule has 0 aliphatic heterocycles. The maximum atomic E-state index is 12.0. The lowest BCUT2D eigenvalue weighted by Crippen LogP contribution is -2.13. The fourth-order valence-corrected chi connectivity index (χ4v) is 2.14. The van der Waals surface area contributed by atoms with E-state index in [-0.39, 0.29) is 11.6 Å². The van der Waals surface area contributed by atoms with Crippen LogP contribution in [0.15, 0.2) is 77.4 Å². The second kappa shape index (κ2) is 8.91. The number of amides is 2. The third kappa shape index (κ3) is 5.50. The topological polar surface area (TPSA) is 97.1 Å². The van der Waals surface area contributed by atoms with Crippen LogP contribution in [0, 0.1) is 0 Å². The highest BCUT2D eigenvalue weighted by Crippen LogP contribution is 2.16. The van der Waals surface area contributed by atoms with Crippen LogP contribution in [-0.2, 0) is 9.59 Å². The molecule has 2 amide bonds. The Morgan fingerprint density at radius 3 is 1.52 bits per heavy atom. The van der Waals surface area contributed by atoms with E-state index in [1.807, 2.05) is 60.7 Å². The number of carbonyl (C=O) groups is 2.